The van der Waals surface area contributed by atoms with Crippen molar-refractivity contribution in [2.24, 2.45) is 0 Å². The van der Waals surface area contributed by atoms with Crippen LogP contribution in [-0.2, 0) is 21.4 Å². The molecule has 1 heterocycles. The first-order valence-electron chi connectivity index (χ1n) is 10.5. The monoisotopic (exact) mass is 463 g/mol. The van der Waals surface area contributed by atoms with Crippen molar-refractivity contribution in [2.75, 3.05) is 27.3 Å². The number of fused-ring (bicyclic) bond motifs is 1. The molecule has 1 aliphatic rings. The Morgan fingerprint density at radius 3 is 2.36 bits per heavy atom. The molecule has 4 rings (SSSR count). The zero-order valence-electron chi connectivity index (χ0n) is 18.7. The molecule has 0 atom stereocenters. The van der Waals surface area contributed by atoms with Crippen LogP contribution in [0.2, 0.25) is 0 Å². The normalized spacial score (nSPS) is 13.3. The van der Waals surface area contributed by atoms with Crippen LogP contribution in [0.3, 0.4) is 0 Å². The summed E-state index contributed by atoms with van der Waals surface area (Å²) >= 11 is 0. The number of nitrogens with one attached hydrogen (secondary N) is 1. The summed E-state index contributed by atoms with van der Waals surface area (Å²) in [6.45, 7) is 4.00. The van der Waals surface area contributed by atoms with Gasteiger partial charge in [-0.25, -0.2) is 8.42 Å². The maximum absolute atomic E-state index is 13.1. The Balaban J connectivity index is 1.58. The first-order chi connectivity index (χ1) is 15.6. The van der Waals surface area contributed by atoms with Crippen LogP contribution in [0.15, 0.2) is 66.7 Å². The van der Waals surface area contributed by atoms with Crippen molar-refractivity contribution in [3.63, 3.8) is 0 Å². The molecule has 2 amide bonds. The van der Waals surface area contributed by atoms with Gasteiger partial charge in [0.15, 0.2) is 0 Å². The second kappa shape index (κ2) is 8.71. The number of hydrogen-bond acceptors (Lipinski definition) is 4. The van der Waals surface area contributed by atoms with Crippen molar-refractivity contribution in [1.82, 2.24) is 0 Å². The van der Waals surface area contributed by atoms with Gasteiger partial charge in [-0.2, -0.15) is 0 Å². The van der Waals surface area contributed by atoms with Gasteiger partial charge in [-0.1, -0.05) is 30.3 Å². The number of carbonyl (C=O) groups excluding carboxylic acids is 2. The van der Waals surface area contributed by atoms with Crippen molar-refractivity contribution in [3.8, 4) is 0 Å². The smallest absolute Gasteiger partial charge is 0.258 e. The molecule has 0 bridgehead atoms. The molecule has 7 nitrogen and oxygen atoms in total. The zero-order valence-corrected chi connectivity index (χ0v) is 19.5. The first-order valence-corrected chi connectivity index (χ1v) is 12.3. The molecular weight excluding hydrogens is 438 g/mol. The highest BCUT2D eigenvalue weighted by Gasteiger charge is 2.27. The van der Waals surface area contributed by atoms with Gasteiger partial charge in [-0.3, -0.25) is 18.8 Å². The van der Waals surface area contributed by atoms with E-state index in [1.165, 1.54) is 15.5 Å². The fourth-order valence-electron chi connectivity index (χ4n) is 3.77. The summed E-state index contributed by atoms with van der Waals surface area (Å²) in [6.07, 6.45) is 1.18. The zero-order chi connectivity index (χ0) is 23.8. The van der Waals surface area contributed by atoms with E-state index in [1.54, 1.807) is 48.5 Å². The number of sulfonamides is 1. The Morgan fingerprint density at radius 1 is 1.00 bits per heavy atom. The third-order valence-electron chi connectivity index (χ3n) is 5.72. The van der Waals surface area contributed by atoms with E-state index in [4.69, 9.17) is 0 Å². The van der Waals surface area contributed by atoms with E-state index in [9.17, 15) is 18.0 Å². The lowest BCUT2D eigenvalue weighted by Crippen LogP contribution is -2.42. The SMILES string of the molecule is Cc1ccc(N(Cc2ccc(C(=O)N3CC(=O)Nc4ccccc43)cc2)S(C)(=O)=O)cc1C. The Labute approximate surface area is 193 Å². The predicted molar refractivity (Wildman–Crippen MR) is 130 cm³/mol. The molecule has 170 valence electrons. The molecule has 0 radical (unpaired) electrons. The molecule has 0 aromatic heterocycles. The Bertz CT molecular complexity index is 1330. The summed E-state index contributed by atoms with van der Waals surface area (Å²) in [5.41, 5.74) is 5.08. The molecule has 0 fully saturated rings. The average Bonchev–Trinajstić information content (AvgIpc) is 2.78. The second-order valence-corrected chi connectivity index (χ2v) is 10.1. The molecule has 0 saturated carbocycles. The van der Waals surface area contributed by atoms with E-state index in [-0.39, 0.29) is 24.9 Å². The van der Waals surface area contributed by atoms with E-state index >= 15 is 0 Å². The third-order valence-corrected chi connectivity index (χ3v) is 6.86. The molecule has 33 heavy (non-hydrogen) atoms. The summed E-state index contributed by atoms with van der Waals surface area (Å²) in [5, 5.41) is 2.77. The van der Waals surface area contributed by atoms with Crippen LogP contribution >= 0.6 is 0 Å². The molecule has 0 aliphatic carbocycles. The van der Waals surface area contributed by atoms with Crippen LogP contribution in [0.4, 0.5) is 17.1 Å². The molecule has 1 N–H and O–H groups in total. The van der Waals surface area contributed by atoms with Gasteiger partial charge < -0.3 is 5.32 Å². The topological polar surface area (TPSA) is 86.8 Å². The standard InChI is InChI=1S/C25H25N3O4S/c1-17-8-13-21(14-18(17)2)28(33(3,31)32)15-19-9-11-20(12-10-19)25(30)27-16-24(29)26-22-6-4-5-7-23(22)27/h4-14H,15-16H2,1-3H3,(H,26,29). The number of para-hydroxylation sites is 2. The highest BCUT2D eigenvalue weighted by atomic mass is 32.2. The molecular formula is C25H25N3O4S. The number of hydrogen-bond donors (Lipinski definition) is 1. The van der Waals surface area contributed by atoms with Gasteiger partial charge in [0.2, 0.25) is 15.9 Å². The maximum atomic E-state index is 13.1. The minimum absolute atomic E-state index is 0.0633. The largest absolute Gasteiger partial charge is 0.323 e. The number of benzene rings is 3. The van der Waals surface area contributed by atoms with Crippen LogP contribution in [0.5, 0.6) is 0 Å². The molecule has 0 spiro atoms. The average molecular weight is 464 g/mol. The lowest BCUT2D eigenvalue weighted by Gasteiger charge is -2.29. The quantitative estimate of drug-likeness (QED) is 0.622. The van der Waals surface area contributed by atoms with E-state index in [2.05, 4.69) is 5.32 Å². The fraction of sp³-hybridized carbons (Fsp3) is 0.200. The Kier molecular flexibility index (Phi) is 5.95. The van der Waals surface area contributed by atoms with E-state index in [0.29, 0.717) is 22.6 Å². The molecule has 3 aromatic carbocycles. The molecule has 0 unspecified atom stereocenters. The summed E-state index contributed by atoms with van der Waals surface area (Å²) in [4.78, 5) is 26.6. The lowest BCUT2D eigenvalue weighted by atomic mass is 10.1. The van der Waals surface area contributed by atoms with Gasteiger partial charge in [0.05, 0.1) is 29.9 Å². The highest BCUT2D eigenvalue weighted by Crippen LogP contribution is 2.30. The number of aryl methyl sites for hydroxylation is 2. The number of carbonyl (C=O) groups is 2. The van der Waals surface area contributed by atoms with Gasteiger partial charge in [0, 0.05) is 5.56 Å². The van der Waals surface area contributed by atoms with Crippen LogP contribution in [-0.4, -0.2) is 33.0 Å². The minimum atomic E-state index is -3.52. The van der Waals surface area contributed by atoms with Crippen LogP contribution in [0.25, 0.3) is 0 Å². The Hall–Kier alpha value is -3.65. The minimum Gasteiger partial charge on any atom is -0.323 e. The summed E-state index contributed by atoms with van der Waals surface area (Å²) in [7, 11) is -3.52. The van der Waals surface area contributed by atoms with Crippen molar-refractivity contribution in [3.05, 3.63) is 89.0 Å². The van der Waals surface area contributed by atoms with Gasteiger partial charge in [-0.05, 0) is 66.9 Å². The first kappa shape index (κ1) is 22.5. The number of rotatable bonds is 5. The Morgan fingerprint density at radius 2 is 1.70 bits per heavy atom. The number of anilines is 3. The predicted octanol–water partition coefficient (Wildman–Crippen LogP) is 3.87. The van der Waals surface area contributed by atoms with E-state index < -0.39 is 10.0 Å². The molecule has 8 heteroatoms. The summed E-state index contributed by atoms with van der Waals surface area (Å²) < 4.78 is 26.3. The van der Waals surface area contributed by atoms with Gasteiger partial charge in [0.1, 0.15) is 6.54 Å². The number of amides is 2. The van der Waals surface area contributed by atoms with Crippen molar-refractivity contribution in [2.45, 2.75) is 20.4 Å². The third kappa shape index (κ3) is 4.75. The van der Waals surface area contributed by atoms with Gasteiger partial charge in [-0.15, -0.1) is 0 Å². The highest BCUT2D eigenvalue weighted by molar-refractivity contribution is 7.92. The summed E-state index contributed by atoms with van der Waals surface area (Å²) in [6, 6.07) is 19.5. The van der Waals surface area contributed by atoms with Gasteiger partial charge >= 0.3 is 0 Å². The summed E-state index contributed by atoms with van der Waals surface area (Å²) in [5.74, 6) is -0.547. The van der Waals surface area contributed by atoms with Crippen LogP contribution < -0.4 is 14.5 Å². The van der Waals surface area contributed by atoms with Crippen LogP contribution in [0.1, 0.15) is 27.0 Å². The molecule has 3 aromatic rings. The van der Waals surface area contributed by atoms with E-state index in [1.807, 2.05) is 32.0 Å². The van der Waals surface area contributed by atoms with Crippen LogP contribution in [0, 0.1) is 13.8 Å². The molecule has 0 saturated heterocycles. The maximum Gasteiger partial charge on any atom is 0.258 e. The second-order valence-electron chi connectivity index (χ2n) is 8.19. The van der Waals surface area contributed by atoms with Crippen molar-refractivity contribution in [1.29, 1.82) is 0 Å². The van der Waals surface area contributed by atoms with E-state index in [0.717, 1.165) is 16.7 Å². The fourth-order valence-corrected chi connectivity index (χ4v) is 4.65. The number of nitrogens with zero attached hydrogens (tertiary/aromatic N) is 2. The van der Waals surface area contributed by atoms with Gasteiger partial charge in [0.25, 0.3) is 5.91 Å². The molecule has 1 aliphatic heterocycles. The van der Waals surface area contributed by atoms with Crippen molar-refractivity contribution >= 4 is 38.9 Å². The van der Waals surface area contributed by atoms with Crippen molar-refractivity contribution < 1.29 is 18.0 Å². The lowest BCUT2D eigenvalue weighted by molar-refractivity contribution is -0.115.